The van der Waals surface area contributed by atoms with Gasteiger partial charge in [-0.2, -0.15) is 13.2 Å². The lowest BCUT2D eigenvalue weighted by Gasteiger charge is -2.11. The van der Waals surface area contributed by atoms with E-state index in [0.29, 0.717) is 5.76 Å². The van der Waals surface area contributed by atoms with Crippen molar-refractivity contribution in [1.82, 2.24) is 15.5 Å². The molecule has 2 heterocycles. The van der Waals surface area contributed by atoms with Crippen molar-refractivity contribution in [1.29, 1.82) is 0 Å². The van der Waals surface area contributed by atoms with Gasteiger partial charge in [-0.25, -0.2) is 0 Å². The van der Waals surface area contributed by atoms with Crippen LogP contribution in [0.3, 0.4) is 0 Å². The zero-order chi connectivity index (χ0) is 13.9. The molecule has 0 fully saturated rings. The molecule has 0 saturated carbocycles. The number of carbonyl (C=O) groups is 1. The molecule has 8 heteroatoms. The number of nitrogens with zero attached hydrogens (tertiary/aromatic N) is 2. The van der Waals surface area contributed by atoms with Gasteiger partial charge in [-0.05, 0) is 6.07 Å². The van der Waals surface area contributed by atoms with E-state index in [4.69, 9.17) is 4.52 Å². The molecule has 2 aromatic heterocycles. The first-order valence-electron chi connectivity index (χ1n) is 5.17. The van der Waals surface area contributed by atoms with Crippen LogP contribution in [0.4, 0.5) is 13.2 Å². The van der Waals surface area contributed by atoms with Gasteiger partial charge in [0.2, 0.25) is 0 Å². The largest absolute Gasteiger partial charge is 0.417 e. The minimum Gasteiger partial charge on any atom is -0.360 e. The fraction of sp³-hybridized carbons (Fsp3) is 0.182. The molecule has 0 radical (unpaired) electrons. The average molecular weight is 271 g/mol. The molecule has 0 atom stereocenters. The van der Waals surface area contributed by atoms with E-state index in [1.54, 1.807) is 0 Å². The van der Waals surface area contributed by atoms with Crippen LogP contribution in [0.15, 0.2) is 35.2 Å². The summed E-state index contributed by atoms with van der Waals surface area (Å²) in [5.41, 5.74) is -1.56. The molecule has 2 rings (SSSR count). The van der Waals surface area contributed by atoms with Gasteiger partial charge in [0.1, 0.15) is 0 Å². The van der Waals surface area contributed by atoms with Crippen molar-refractivity contribution < 1.29 is 22.5 Å². The summed E-state index contributed by atoms with van der Waals surface area (Å²) >= 11 is 0. The lowest BCUT2D eigenvalue weighted by Crippen LogP contribution is -2.26. The smallest absolute Gasteiger partial charge is 0.360 e. The summed E-state index contributed by atoms with van der Waals surface area (Å²) < 4.78 is 42.8. The third-order valence-corrected chi connectivity index (χ3v) is 2.29. The monoisotopic (exact) mass is 271 g/mol. The summed E-state index contributed by atoms with van der Waals surface area (Å²) in [4.78, 5) is 15.2. The Kier molecular flexibility index (Phi) is 3.50. The standard InChI is InChI=1S/C11H8F3N3O2/c12-11(13,14)9-2-3-15-6-8(9)10(18)16-5-7-1-4-17-19-7/h1-4,6H,5H2,(H,16,18). The predicted octanol–water partition coefficient (Wildman–Crippen LogP) is 2.02. The van der Waals surface area contributed by atoms with E-state index in [1.165, 1.54) is 12.3 Å². The third-order valence-electron chi connectivity index (χ3n) is 2.29. The maximum atomic E-state index is 12.7. The molecule has 0 aliphatic carbocycles. The first-order chi connectivity index (χ1) is 8.98. The summed E-state index contributed by atoms with van der Waals surface area (Å²) in [7, 11) is 0. The van der Waals surface area contributed by atoms with Crippen LogP contribution >= 0.6 is 0 Å². The highest BCUT2D eigenvalue weighted by Crippen LogP contribution is 2.31. The minimum absolute atomic E-state index is 0.0506. The molecule has 0 bridgehead atoms. The SMILES string of the molecule is O=C(NCc1ccno1)c1cnccc1C(F)(F)F. The van der Waals surface area contributed by atoms with Gasteiger partial charge >= 0.3 is 6.18 Å². The summed E-state index contributed by atoms with van der Waals surface area (Å²) in [6.07, 6.45) is -1.39. The molecule has 5 nitrogen and oxygen atoms in total. The van der Waals surface area contributed by atoms with Gasteiger partial charge in [0.05, 0.1) is 23.9 Å². The predicted molar refractivity (Wildman–Crippen MR) is 56.9 cm³/mol. The van der Waals surface area contributed by atoms with Gasteiger partial charge in [-0.15, -0.1) is 0 Å². The number of aromatic nitrogens is 2. The van der Waals surface area contributed by atoms with Crippen molar-refractivity contribution in [3.63, 3.8) is 0 Å². The molecular formula is C11H8F3N3O2. The molecule has 100 valence electrons. The number of rotatable bonds is 3. The van der Waals surface area contributed by atoms with E-state index in [1.807, 2.05) is 0 Å². The van der Waals surface area contributed by atoms with E-state index in [-0.39, 0.29) is 6.54 Å². The van der Waals surface area contributed by atoms with Crippen LogP contribution in [0.5, 0.6) is 0 Å². The fourth-order valence-electron chi connectivity index (χ4n) is 1.42. The van der Waals surface area contributed by atoms with E-state index >= 15 is 0 Å². The van der Waals surface area contributed by atoms with Gasteiger partial charge in [-0.3, -0.25) is 9.78 Å². The van der Waals surface area contributed by atoms with Crippen molar-refractivity contribution >= 4 is 5.91 Å². The molecule has 0 spiro atoms. The first kappa shape index (κ1) is 13.1. The summed E-state index contributed by atoms with van der Waals surface area (Å²) in [6, 6.07) is 2.25. The zero-order valence-electron chi connectivity index (χ0n) is 9.44. The van der Waals surface area contributed by atoms with Gasteiger partial charge < -0.3 is 9.84 Å². The Morgan fingerprint density at radius 3 is 2.74 bits per heavy atom. The van der Waals surface area contributed by atoms with E-state index in [2.05, 4.69) is 15.5 Å². The van der Waals surface area contributed by atoms with E-state index < -0.39 is 23.2 Å². The van der Waals surface area contributed by atoms with Crippen LogP contribution in [-0.4, -0.2) is 16.0 Å². The number of amides is 1. The number of carbonyl (C=O) groups excluding carboxylic acids is 1. The van der Waals surface area contributed by atoms with E-state index in [9.17, 15) is 18.0 Å². The number of hydrogen-bond donors (Lipinski definition) is 1. The van der Waals surface area contributed by atoms with Crippen molar-refractivity contribution in [2.45, 2.75) is 12.7 Å². The van der Waals surface area contributed by atoms with E-state index in [0.717, 1.165) is 18.5 Å². The normalized spacial score (nSPS) is 11.3. The summed E-state index contributed by atoms with van der Waals surface area (Å²) in [6.45, 7) is -0.0506. The molecule has 1 N–H and O–H groups in total. The van der Waals surface area contributed by atoms with Gasteiger partial charge in [-0.1, -0.05) is 5.16 Å². The summed E-state index contributed by atoms with van der Waals surface area (Å²) in [5.74, 6) is -0.539. The lowest BCUT2D eigenvalue weighted by molar-refractivity contribution is -0.138. The van der Waals surface area contributed by atoms with Crippen LogP contribution in [0.2, 0.25) is 0 Å². The zero-order valence-corrected chi connectivity index (χ0v) is 9.44. The molecular weight excluding hydrogens is 263 g/mol. The lowest BCUT2D eigenvalue weighted by atomic mass is 10.1. The number of alkyl halides is 3. The second-order valence-electron chi connectivity index (χ2n) is 3.58. The Bertz CT molecular complexity index is 567. The molecule has 0 saturated heterocycles. The second-order valence-corrected chi connectivity index (χ2v) is 3.58. The molecule has 0 aliphatic heterocycles. The Morgan fingerprint density at radius 1 is 1.32 bits per heavy atom. The van der Waals surface area contributed by atoms with Crippen LogP contribution < -0.4 is 5.32 Å². The first-order valence-corrected chi connectivity index (χ1v) is 5.17. The highest BCUT2D eigenvalue weighted by atomic mass is 19.4. The van der Waals surface area contributed by atoms with Crippen molar-refractivity contribution in [2.24, 2.45) is 0 Å². The maximum Gasteiger partial charge on any atom is 0.417 e. The van der Waals surface area contributed by atoms with Crippen molar-refractivity contribution in [3.05, 3.63) is 47.6 Å². The number of hydrogen-bond acceptors (Lipinski definition) is 4. The minimum atomic E-state index is -4.61. The molecule has 1 amide bonds. The highest BCUT2D eigenvalue weighted by molar-refractivity contribution is 5.95. The average Bonchev–Trinajstić information content (AvgIpc) is 2.88. The second kappa shape index (κ2) is 5.09. The molecule has 0 aliphatic rings. The fourth-order valence-corrected chi connectivity index (χ4v) is 1.42. The van der Waals surface area contributed by atoms with Crippen molar-refractivity contribution in [2.75, 3.05) is 0 Å². The quantitative estimate of drug-likeness (QED) is 0.927. The maximum absolute atomic E-state index is 12.7. The summed E-state index contributed by atoms with van der Waals surface area (Å²) in [5, 5.41) is 5.71. The van der Waals surface area contributed by atoms with Gasteiger partial charge in [0, 0.05) is 18.5 Å². The molecule has 19 heavy (non-hydrogen) atoms. The third kappa shape index (κ3) is 3.09. The number of pyridine rings is 1. The van der Waals surface area contributed by atoms with Crippen LogP contribution in [0.25, 0.3) is 0 Å². The molecule has 0 aromatic carbocycles. The van der Waals surface area contributed by atoms with Gasteiger partial charge in [0.15, 0.2) is 5.76 Å². The Hall–Kier alpha value is -2.38. The number of halogens is 3. The van der Waals surface area contributed by atoms with Crippen LogP contribution in [-0.2, 0) is 12.7 Å². The Balaban J connectivity index is 2.15. The van der Waals surface area contributed by atoms with Crippen LogP contribution in [0, 0.1) is 0 Å². The van der Waals surface area contributed by atoms with Crippen molar-refractivity contribution in [3.8, 4) is 0 Å². The van der Waals surface area contributed by atoms with Crippen LogP contribution in [0.1, 0.15) is 21.7 Å². The highest BCUT2D eigenvalue weighted by Gasteiger charge is 2.35. The Morgan fingerprint density at radius 2 is 2.11 bits per heavy atom. The number of nitrogens with one attached hydrogen (secondary N) is 1. The topological polar surface area (TPSA) is 68.0 Å². The Labute approximate surface area is 105 Å². The molecule has 0 unspecified atom stereocenters. The van der Waals surface area contributed by atoms with Gasteiger partial charge in [0.25, 0.3) is 5.91 Å². The molecule has 2 aromatic rings.